The molecule has 4 aromatic rings. The first-order chi connectivity index (χ1) is 19.7. The molecule has 0 spiro atoms. The van der Waals surface area contributed by atoms with Crippen LogP contribution in [-0.2, 0) is 17.5 Å². The van der Waals surface area contributed by atoms with Crippen molar-refractivity contribution in [3.8, 4) is 11.3 Å². The summed E-state index contributed by atoms with van der Waals surface area (Å²) in [5.74, 6) is 0.366. The standard InChI is InChI=1S/C29H25ClF3N5OS2/c1-18(20-10-12-34-13-11-20)36-26-16-19(15-23(37-26)21-4-6-22(7-5-21)29(31,32)33)17-35-28(39)24-3-2-14-38(24)41-27-9-8-25(30)40-27/h2-13,15-16,18,24H,14,17H2,1H3,(H,35,39)(H,36,37)/t18?,24-/m0/s1. The number of anilines is 1. The van der Waals surface area contributed by atoms with Gasteiger partial charge in [0.1, 0.15) is 11.9 Å². The van der Waals surface area contributed by atoms with Crippen LogP contribution in [-0.4, -0.2) is 32.8 Å². The lowest BCUT2D eigenvalue weighted by atomic mass is 10.1. The molecular formula is C29H25ClF3N5OS2. The highest BCUT2D eigenvalue weighted by Gasteiger charge is 2.30. The molecule has 3 aromatic heterocycles. The van der Waals surface area contributed by atoms with Gasteiger partial charge in [-0.15, -0.1) is 11.3 Å². The summed E-state index contributed by atoms with van der Waals surface area (Å²) in [5, 5.41) is 6.36. The maximum Gasteiger partial charge on any atom is 0.416 e. The van der Waals surface area contributed by atoms with E-state index in [4.69, 9.17) is 11.6 Å². The van der Waals surface area contributed by atoms with Crippen molar-refractivity contribution < 1.29 is 18.0 Å². The van der Waals surface area contributed by atoms with Crippen LogP contribution in [0.1, 0.15) is 29.7 Å². The smallest absolute Gasteiger partial charge is 0.364 e. The van der Waals surface area contributed by atoms with Crippen LogP contribution >= 0.6 is 34.9 Å². The van der Waals surface area contributed by atoms with Crippen molar-refractivity contribution >= 4 is 46.6 Å². The number of halogens is 4. The predicted octanol–water partition coefficient (Wildman–Crippen LogP) is 7.61. The summed E-state index contributed by atoms with van der Waals surface area (Å²) in [7, 11) is 0. The number of benzene rings is 1. The van der Waals surface area contributed by atoms with E-state index < -0.39 is 17.8 Å². The molecule has 1 aliphatic rings. The van der Waals surface area contributed by atoms with Gasteiger partial charge in [-0.05, 0) is 78.5 Å². The molecule has 0 saturated heterocycles. The molecule has 212 valence electrons. The zero-order valence-electron chi connectivity index (χ0n) is 21.7. The van der Waals surface area contributed by atoms with Crippen molar-refractivity contribution in [2.45, 2.75) is 35.9 Å². The first-order valence-electron chi connectivity index (χ1n) is 12.6. The molecule has 2 atom stereocenters. The second-order valence-corrected chi connectivity index (χ2v) is 12.4. The molecule has 12 heteroatoms. The second kappa shape index (κ2) is 12.6. The molecule has 41 heavy (non-hydrogen) atoms. The minimum Gasteiger partial charge on any atom is -0.364 e. The largest absolute Gasteiger partial charge is 0.416 e. The van der Waals surface area contributed by atoms with Crippen molar-refractivity contribution in [1.82, 2.24) is 19.6 Å². The third kappa shape index (κ3) is 7.48. The summed E-state index contributed by atoms with van der Waals surface area (Å²) >= 11 is 8.99. The lowest BCUT2D eigenvalue weighted by molar-refractivity contribution is -0.137. The molecule has 0 saturated carbocycles. The summed E-state index contributed by atoms with van der Waals surface area (Å²) in [6.45, 7) is 2.80. The van der Waals surface area contributed by atoms with E-state index in [1.807, 2.05) is 53.7 Å². The summed E-state index contributed by atoms with van der Waals surface area (Å²) in [4.78, 5) is 21.9. The first-order valence-corrected chi connectivity index (χ1v) is 14.6. The van der Waals surface area contributed by atoms with Crippen molar-refractivity contribution in [2.75, 3.05) is 11.9 Å². The van der Waals surface area contributed by atoms with Gasteiger partial charge in [0.05, 0.1) is 25.8 Å². The highest BCUT2D eigenvalue weighted by atomic mass is 35.5. The Morgan fingerprint density at radius 1 is 1.15 bits per heavy atom. The number of rotatable bonds is 9. The van der Waals surface area contributed by atoms with Crippen LogP contribution in [0.2, 0.25) is 4.34 Å². The molecule has 0 aliphatic carbocycles. The Morgan fingerprint density at radius 3 is 2.59 bits per heavy atom. The quantitative estimate of drug-likeness (QED) is 0.149. The number of carbonyl (C=O) groups excluding carboxylic acids is 1. The van der Waals surface area contributed by atoms with Crippen LogP contribution in [0.15, 0.2) is 89.4 Å². The Balaban J connectivity index is 1.35. The van der Waals surface area contributed by atoms with Gasteiger partial charge in [-0.1, -0.05) is 35.9 Å². The van der Waals surface area contributed by atoms with Crippen LogP contribution in [0, 0.1) is 0 Å². The number of thiophene rings is 1. The zero-order chi connectivity index (χ0) is 29.0. The van der Waals surface area contributed by atoms with Crippen LogP contribution in [0.25, 0.3) is 11.3 Å². The topological polar surface area (TPSA) is 70.2 Å². The zero-order valence-corrected chi connectivity index (χ0v) is 24.1. The minimum atomic E-state index is -4.43. The van der Waals surface area contributed by atoms with Crippen LogP contribution in [0.3, 0.4) is 0 Å². The Bertz CT molecular complexity index is 1530. The van der Waals surface area contributed by atoms with Gasteiger partial charge >= 0.3 is 6.18 Å². The number of nitrogens with zero attached hydrogens (tertiary/aromatic N) is 3. The molecular weight excluding hydrogens is 591 g/mol. The van der Waals surface area contributed by atoms with Crippen LogP contribution in [0.4, 0.5) is 19.0 Å². The highest BCUT2D eigenvalue weighted by molar-refractivity contribution is 7.99. The fraction of sp³-hybridized carbons (Fsp3) is 0.207. The first kappa shape index (κ1) is 29.1. The van der Waals surface area contributed by atoms with Gasteiger partial charge in [-0.25, -0.2) is 9.29 Å². The average molecular weight is 616 g/mol. The Hall–Kier alpha value is -3.38. The van der Waals surface area contributed by atoms with E-state index in [-0.39, 0.29) is 18.5 Å². The number of hydrogen-bond acceptors (Lipinski definition) is 7. The number of nitrogens with one attached hydrogen (secondary N) is 2. The molecule has 6 nitrogen and oxygen atoms in total. The monoisotopic (exact) mass is 615 g/mol. The van der Waals surface area contributed by atoms with Crippen LogP contribution in [0.5, 0.6) is 0 Å². The number of pyridine rings is 2. The molecule has 4 heterocycles. The Labute approximate surface area is 248 Å². The van der Waals surface area contributed by atoms with E-state index in [9.17, 15) is 18.0 Å². The maximum atomic E-state index is 13.2. The van der Waals surface area contributed by atoms with Gasteiger partial charge in [0, 0.05) is 31.0 Å². The summed E-state index contributed by atoms with van der Waals surface area (Å²) in [6, 6.07) is 15.4. The second-order valence-electron chi connectivity index (χ2n) is 9.31. The van der Waals surface area contributed by atoms with E-state index in [1.54, 1.807) is 18.5 Å². The maximum absolute atomic E-state index is 13.2. The van der Waals surface area contributed by atoms with Gasteiger partial charge in [0.15, 0.2) is 0 Å². The lowest BCUT2D eigenvalue weighted by Gasteiger charge is -2.22. The molecule has 0 fully saturated rings. The lowest BCUT2D eigenvalue weighted by Crippen LogP contribution is -2.40. The Morgan fingerprint density at radius 2 is 1.90 bits per heavy atom. The molecule has 1 unspecified atom stereocenters. The average Bonchev–Trinajstić information content (AvgIpc) is 3.60. The molecule has 5 rings (SSSR count). The van der Waals surface area contributed by atoms with Crippen molar-refractivity contribution in [2.24, 2.45) is 0 Å². The van der Waals surface area contributed by atoms with Gasteiger partial charge in [0.2, 0.25) is 5.91 Å². The summed E-state index contributed by atoms with van der Waals surface area (Å²) < 4.78 is 43.0. The number of carbonyl (C=O) groups is 1. The molecule has 2 N–H and O–H groups in total. The molecule has 0 bridgehead atoms. The molecule has 1 aromatic carbocycles. The van der Waals surface area contributed by atoms with Gasteiger partial charge in [0.25, 0.3) is 0 Å². The molecule has 1 aliphatic heterocycles. The van der Waals surface area contributed by atoms with Crippen molar-refractivity contribution in [1.29, 1.82) is 0 Å². The number of aromatic nitrogens is 2. The number of alkyl halides is 3. The van der Waals surface area contributed by atoms with E-state index in [0.29, 0.717) is 28.0 Å². The number of amides is 1. The highest BCUT2D eigenvalue weighted by Crippen LogP contribution is 2.35. The summed E-state index contributed by atoms with van der Waals surface area (Å²) in [6.07, 6.45) is 2.78. The normalized spacial score (nSPS) is 16.1. The minimum absolute atomic E-state index is 0.115. The van der Waals surface area contributed by atoms with E-state index >= 15 is 0 Å². The fourth-order valence-electron chi connectivity index (χ4n) is 4.27. The van der Waals surface area contributed by atoms with Gasteiger partial charge in [-0.2, -0.15) is 13.2 Å². The predicted molar refractivity (Wildman–Crippen MR) is 158 cm³/mol. The fourth-order valence-corrected chi connectivity index (χ4v) is 6.69. The van der Waals surface area contributed by atoms with Crippen molar-refractivity contribution in [3.63, 3.8) is 0 Å². The SMILES string of the molecule is CC(Nc1cc(CNC(=O)[C@@H]2C=CCN2Sc2ccc(Cl)s2)cc(-c2ccc(C(F)(F)F)cc2)n1)c1ccncc1. The third-order valence-corrected chi connectivity index (χ3v) is 8.79. The van der Waals surface area contributed by atoms with Crippen molar-refractivity contribution in [3.05, 3.63) is 106 Å². The van der Waals surface area contributed by atoms with Crippen LogP contribution < -0.4 is 10.6 Å². The molecule has 0 radical (unpaired) electrons. The number of hydrogen-bond donors (Lipinski definition) is 2. The van der Waals surface area contributed by atoms with E-state index in [1.165, 1.54) is 35.4 Å². The molecule has 1 amide bonds. The Kier molecular flexibility index (Phi) is 8.98. The van der Waals surface area contributed by atoms with Gasteiger partial charge < -0.3 is 10.6 Å². The summed E-state index contributed by atoms with van der Waals surface area (Å²) in [5.41, 5.74) is 2.03. The van der Waals surface area contributed by atoms with E-state index in [2.05, 4.69) is 20.6 Å². The van der Waals surface area contributed by atoms with E-state index in [0.717, 1.165) is 27.5 Å². The third-order valence-electron chi connectivity index (χ3n) is 6.37. The van der Waals surface area contributed by atoms with Gasteiger partial charge in [-0.3, -0.25) is 9.78 Å².